The average molecular weight is 299 g/mol. The van der Waals surface area contributed by atoms with Crippen molar-refractivity contribution in [2.24, 2.45) is 0 Å². The molecule has 0 saturated carbocycles. The molecule has 4 nitrogen and oxygen atoms in total. The van der Waals surface area contributed by atoms with Gasteiger partial charge in [-0.25, -0.2) is 0 Å². The molecule has 92 valence electrons. The number of hydrogen-bond acceptors (Lipinski definition) is 3. The predicted octanol–water partition coefficient (Wildman–Crippen LogP) is 2.54. The zero-order valence-corrected chi connectivity index (χ0v) is 11.2. The number of benzene rings is 1. The number of carbonyl (C=O) groups excluding carboxylic acids is 1. The number of amides is 1. The number of rotatable bonds is 2. The summed E-state index contributed by atoms with van der Waals surface area (Å²) in [5.74, 6) is -0.114. The second-order valence-electron chi connectivity index (χ2n) is 4.37. The smallest absolute Gasteiger partial charge is 0.256 e. The molecule has 0 aromatic heterocycles. The minimum atomic E-state index is -0.707. The van der Waals surface area contributed by atoms with Crippen LogP contribution < -0.4 is 11.1 Å². The highest BCUT2D eigenvalue weighted by Crippen LogP contribution is 2.28. The Labute approximate surface area is 109 Å². The summed E-state index contributed by atoms with van der Waals surface area (Å²) >= 11 is 3.31. The lowest BCUT2D eigenvalue weighted by Gasteiger charge is -2.22. The van der Waals surface area contributed by atoms with Crippen LogP contribution in [0.4, 0.5) is 11.4 Å². The Kier molecular flexibility index (Phi) is 3.40. The average Bonchev–Trinajstić information content (AvgIpc) is 2.72. The van der Waals surface area contributed by atoms with E-state index < -0.39 is 5.60 Å². The molecule has 0 bridgehead atoms. The van der Waals surface area contributed by atoms with Crippen LogP contribution in [0.15, 0.2) is 22.7 Å². The highest BCUT2D eigenvalue weighted by atomic mass is 79.9. The van der Waals surface area contributed by atoms with E-state index in [1.807, 2.05) is 13.0 Å². The number of hydrogen-bond donors (Lipinski definition) is 2. The fourth-order valence-electron chi connectivity index (χ4n) is 1.84. The molecule has 1 atom stereocenters. The maximum absolute atomic E-state index is 12.0. The molecule has 5 heteroatoms. The molecule has 17 heavy (non-hydrogen) atoms. The van der Waals surface area contributed by atoms with Crippen molar-refractivity contribution < 1.29 is 9.53 Å². The molecule has 1 amide bonds. The van der Waals surface area contributed by atoms with Gasteiger partial charge in [0.1, 0.15) is 5.60 Å². The number of nitrogen functional groups attached to an aromatic ring is 1. The maximum atomic E-state index is 12.0. The number of halogens is 1. The molecule has 1 aromatic rings. The normalized spacial score (nSPS) is 23.6. The lowest BCUT2D eigenvalue weighted by atomic mass is 10.0. The molecule has 2 rings (SSSR count). The summed E-state index contributed by atoms with van der Waals surface area (Å²) in [4.78, 5) is 12.0. The van der Waals surface area contributed by atoms with Crippen molar-refractivity contribution in [3.05, 3.63) is 22.7 Å². The fraction of sp³-hybridized carbons (Fsp3) is 0.417. The summed E-state index contributed by atoms with van der Waals surface area (Å²) in [6, 6.07) is 5.33. The SMILES string of the molecule is CC1(C(=O)Nc2ccc(Br)c(N)c2)CCCO1. The highest BCUT2D eigenvalue weighted by molar-refractivity contribution is 9.10. The number of nitrogens with two attached hydrogens (primary N) is 1. The van der Waals surface area contributed by atoms with Crippen molar-refractivity contribution in [2.45, 2.75) is 25.4 Å². The van der Waals surface area contributed by atoms with E-state index in [4.69, 9.17) is 10.5 Å². The summed E-state index contributed by atoms with van der Waals surface area (Å²) in [6.45, 7) is 2.46. The van der Waals surface area contributed by atoms with Crippen molar-refractivity contribution in [3.63, 3.8) is 0 Å². The number of anilines is 2. The molecule has 1 unspecified atom stereocenters. The molecule has 0 aliphatic carbocycles. The predicted molar refractivity (Wildman–Crippen MR) is 70.8 cm³/mol. The van der Waals surface area contributed by atoms with Crippen LogP contribution in [0.1, 0.15) is 19.8 Å². The van der Waals surface area contributed by atoms with Crippen LogP contribution in [-0.4, -0.2) is 18.1 Å². The van der Waals surface area contributed by atoms with Gasteiger partial charge in [-0.3, -0.25) is 4.79 Å². The van der Waals surface area contributed by atoms with Crippen LogP contribution in [0, 0.1) is 0 Å². The molecule has 3 N–H and O–H groups in total. The quantitative estimate of drug-likeness (QED) is 0.825. The third-order valence-corrected chi connectivity index (χ3v) is 3.68. The van der Waals surface area contributed by atoms with E-state index in [1.54, 1.807) is 12.1 Å². The Balaban J connectivity index is 2.10. The van der Waals surface area contributed by atoms with Crippen LogP contribution in [0.5, 0.6) is 0 Å². The van der Waals surface area contributed by atoms with Crippen LogP contribution in [0.25, 0.3) is 0 Å². The first-order chi connectivity index (χ1) is 8.01. The van der Waals surface area contributed by atoms with E-state index in [9.17, 15) is 4.79 Å². The standard InChI is InChI=1S/C12H15BrN2O2/c1-12(5-2-6-17-12)11(16)15-8-3-4-9(13)10(14)7-8/h3-4,7H,2,5-6,14H2,1H3,(H,15,16). The Morgan fingerprint density at radius 2 is 2.35 bits per heavy atom. The molecular weight excluding hydrogens is 284 g/mol. The fourth-order valence-corrected chi connectivity index (χ4v) is 2.09. The summed E-state index contributed by atoms with van der Waals surface area (Å²) in [5.41, 5.74) is 6.33. The minimum absolute atomic E-state index is 0.114. The Hall–Kier alpha value is -1.07. The molecule has 0 radical (unpaired) electrons. The van der Waals surface area contributed by atoms with Gasteiger partial charge in [0.05, 0.1) is 0 Å². The van der Waals surface area contributed by atoms with Crippen molar-refractivity contribution in [1.29, 1.82) is 0 Å². The molecule has 1 fully saturated rings. The molecule has 1 aliphatic heterocycles. The van der Waals surface area contributed by atoms with Gasteiger partial charge in [-0.1, -0.05) is 0 Å². The monoisotopic (exact) mass is 298 g/mol. The van der Waals surface area contributed by atoms with Gasteiger partial charge in [0, 0.05) is 22.5 Å². The lowest BCUT2D eigenvalue weighted by molar-refractivity contribution is -0.133. The first kappa shape index (κ1) is 12.4. The Morgan fingerprint density at radius 1 is 1.59 bits per heavy atom. The molecule has 0 spiro atoms. The van der Waals surface area contributed by atoms with Crippen LogP contribution in [0.2, 0.25) is 0 Å². The number of nitrogens with one attached hydrogen (secondary N) is 1. The molecular formula is C12H15BrN2O2. The summed E-state index contributed by atoms with van der Waals surface area (Å²) in [6.07, 6.45) is 1.68. The van der Waals surface area contributed by atoms with Crippen molar-refractivity contribution >= 4 is 33.2 Å². The van der Waals surface area contributed by atoms with E-state index in [1.165, 1.54) is 0 Å². The van der Waals surface area contributed by atoms with Gasteiger partial charge < -0.3 is 15.8 Å². The second kappa shape index (κ2) is 4.66. The third kappa shape index (κ3) is 2.61. The topological polar surface area (TPSA) is 64.4 Å². The Bertz CT molecular complexity index is 442. The molecule has 1 saturated heterocycles. The third-order valence-electron chi connectivity index (χ3n) is 2.95. The van der Waals surface area contributed by atoms with Gasteiger partial charge in [-0.05, 0) is 53.9 Å². The summed E-state index contributed by atoms with van der Waals surface area (Å²) in [7, 11) is 0. The van der Waals surface area contributed by atoms with Crippen molar-refractivity contribution in [1.82, 2.24) is 0 Å². The van der Waals surface area contributed by atoms with Gasteiger partial charge in [0.2, 0.25) is 0 Å². The van der Waals surface area contributed by atoms with Crippen molar-refractivity contribution in [3.8, 4) is 0 Å². The largest absolute Gasteiger partial charge is 0.398 e. The first-order valence-corrected chi connectivity index (χ1v) is 6.31. The van der Waals surface area contributed by atoms with Gasteiger partial charge in [0.25, 0.3) is 5.91 Å². The van der Waals surface area contributed by atoms with Crippen molar-refractivity contribution in [2.75, 3.05) is 17.7 Å². The van der Waals surface area contributed by atoms with E-state index in [-0.39, 0.29) is 5.91 Å². The molecule has 1 aliphatic rings. The van der Waals surface area contributed by atoms with Gasteiger partial charge in [-0.2, -0.15) is 0 Å². The molecule has 1 aromatic carbocycles. The van der Waals surface area contributed by atoms with Crippen LogP contribution in [0.3, 0.4) is 0 Å². The van der Waals surface area contributed by atoms with E-state index >= 15 is 0 Å². The zero-order chi connectivity index (χ0) is 12.5. The highest BCUT2D eigenvalue weighted by Gasteiger charge is 2.37. The molecule has 1 heterocycles. The number of carbonyl (C=O) groups is 1. The summed E-state index contributed by atoms with van der Waals surface area (Å²) < 4.78 is 6.29. The summed E-state index contributed by atoms with van der Waals surface area (Å²) in [5, 5.41) is 2.83. The van der Waals surface area contributed by atoms with Gasteiger partial charge >= 0.3 is 0 Å². The van der Waals surface area contributed by atoms with Gasteiger partial charge in [-0.15, -0.1) is 0 Å². The van der Waals surface area contributed by atoms with E-state index in [2.05, 4.69) is 21.2 Å². The second-order valence-corrected chi connectivity index (χ2v) is 5.23. The first-order valence-electron chi connectivity index (χ1n) is 5.52. The van der Waals surface area contributed by atoms with Crippen LogP contribution in [-0.2, 0) is 9.53 Å². The van der Waals surface area contributed by atoms with Crippen LogP contribution >= 0.6 is 15.9 Å². The minimum Gasteiger partial charge on any atom is -0.398 e. The van der Waals surface area contributed by atoms with E-state index in [0.717, 1.165) is 17.3 Å². The number of ether oxygens (including phenoxy) is 1. The Morgan fingerprint density at radius 3 is 2.94 bits per heavy atom. The van der Waals surface area contributed by atoms with E-state index in [0.29, 0.717) is 18.0 Å². The van der Waals surface area contributed by atoms with Gasteiger partial charge in [0.15, 0.2) is 0 Å². The lowest BCUT2D eigenvalue weighted by Crippen LogP contribution is -2.39. The zero-order valence-electron chi connectivity index (χ0n) is 9.63. The maximum Gasteiger partial charge on any atom is 0.256 e.